The lowest BCUT2D eigenvalue weighted by Gasteiger charge is -2.24. The summed E-state index contributed by atoms with van der Waals surface area (Å²) >= 11 is 0. The fraction of sp³-hybridized carbons (Fsp3) is 0.625. The van der Waals surface area contributed by atoms with Gasteiger partial charge in [0.05, 0.1) is 18.9 Å². The number of primary amides is 1. The number of nitrogens with one attached hydrogen (secondary N) is 3. The van der Waals surface area contributed by atoms with E-state index in [1.807, 2.05) is 0 Å². The van der Waals surface area contributed by atoms with Crippen LogP contribution in [0.5, 0.6) is 0 Å². The minimum atomic E-state index is -1.58. The van der Waals surface area contributed by atoms with Gasteiger partial charge in [0.1, 0.15) is 18.1 Å². The number of hydrogen-bond acceptors (Lipinski definition) is 7. The summed E-state index contributed by atoms with van der Waals surface area (Å²) in [6.45, 7) is 4.32. The highest BCUT2D eigenvalue weighted by atomic mass is 16.4. The van der Waals surface area contributed by atoms with Gasteiger partial charge in [-0.3, -0.25) is 24.0 Å². The van der Waals surface area contributed by atoms with Crippen molar-refractivity contribution in [2.75, 3.05) is 0 Å². The zero-order chi connectivity index (χ0) is 22.9. The lowest BCUT2D eigenvalue weighted by molar-refractivity contribution is -0.144. The maximum Gasteiger partial charge on any atom is 0.326 e. The fourth-order valence-corrected chi connectivity index (χ4v) is 2.14. The van der Waals surface area contributed by atoms with E-state index in [0.717, 1.165) is 0 Å². The van der Waals surface area contributed by atoms with Gasteiger partial charge in [0.2, 0.25) is 23.6 Å². The van der Waals surface area contributed by atoms with E-state index < -0.39 is 78.5 Å². The molecule has 0 heterocycles. The molecule has 0 aliphatic heterocycles. The van der Waals surface area contributed by atoms with Crippen molar-refractivity contribution in [2.45, 2.75) is 57.8 Å². The minimum Gasteiger partial charge on any atom is -0.481 e. The Morgan fingerprint density at radius 3 is 1.79 bits per heavy atom. The van der Waals surface area contributed by atoms with E-state index >= 15 is 0 Å². The Balaban J connectivity index is 5.12. The fourth-order valence-electron chi connectivity index (χ4n) is 2.14. The molecule has 0 bridgehead atoms. The van der Waals surface area contributed by atoms with Gasteiger partial charge in [0.15, 0.2) is 0 Å². The second-order valence-corrected chi connectivity index (χ2v) is 6.73. The summed E-state index contributed by atoms with van der Waals surface area (Å²) in [5, 5.41) is 24.6. The van der Waals surface area contributed by atoms with Gasteiger partial charge < -0.3 is 37.6 Å². The van der Waals surface area contributed by atoms with Gasteiger partial charge >= 0.3 is 11.9 Å². The van der Waals surface area contributed by atoms with E-state index in [1.165, 1.54) is 20.8 Å². The Morgan fingerprint density at radius 2 is 1.38 bits per heavy atom. The van der Waals surface area contributed by atoms with Crippen LogP contribution in [0.1, 0.15) is 33.6 Å². The topological polar surface area (TPSA) is 231 Å². The van der Waals surface area contributed by atoms with Crippen molar-refractivity contribution in [3.8, 4) is 0 Å². The Morgan fingerprint density at radius 1 is 0.828 bits per heavy atom. The summed E-state index contributed by atoms with van der Waals surface area (Å²) in [6, 6.07) is -5.40. The maximum atomic E-state index is 12.3. The van der Waals surface area contributed by atoms with Crippen molar-refractivity contribution in [3.63, 3.8) is 0 Å². The number of nitrogens with two attached hydrogens (primary N) is 2. The summed E-state index contributed by atoms with van der Waals surface area (Å²) in [4.78, 5) is 69.3. The first-order chi connectivity index (χ1) is 13.3. The molecule has 0 aromatic heterocycles. The molecule has 0 rings (SSSR count). The van der Waals surface area contributed by atoms with E-state index in [0.29, 0.717) is 0 Å². The number of aliphatic carboxylic acids is 2. The number of carbonyl (C=O) groups is 6. The van der Waals surface area contributed by atoms with Crippen LogP contribution in [-0.4, -0.2) is 69.9 Å². The Kier molecular flexibility index (Phi) is 10.3. The third-order valence-electron chi connectivity index (χ3n) is 3.75. The second kappa shape index (κ2) is 11.6. The number of rotatable bonds is 12. The normalized spacial score (nSPS) is 14.8. The molecular weight excluding hydrogens is 390 g/mol. The highest BCUT2D eigenvalue weighted by Crippen LogP contribution is 2.04. The summed E-state index contributed by atoms with van der Waals surface area (Å²) in [6.07, 6.45) is -1.26. The molecule has 0 saturated heterocycles. The third-order valence-corrected chi connectivity index (χ3v) is 3.75. The standard InChI is InChI=1S/C16H27N5O8/c1-6(2)12(16(28)29)21-15(27)9(5-11(23)24)20-13(25)7(3)19-14(26)8(17)4-10(18)22/h6-9,12H,4-5,17H2,1-3H3,(H2,18,22)(H,19,26)(H,20,25)(H,21,27)(H,23,24)(H,28,29)/t7-,8-,9-,12-/m0/s1. The van der Waals surface area contributed by atoms with Crippen LogP contribution in [0.4, 0.5) is 0 Å². The number of hydrogen-bond donors (Lipinski definition) is 7. The van der Waals surface area contributed by atoms with Crippen LogP contribution in [0.25, 0.3) is 0 Å². The molecular formula is C16H27N5O8. The van der Waals surface area contributed by atoms with Crippen LogP contribution < -0.4 is 27.4 Å². The monoisotopic (exact) mass is 417 g/mol. The second-order valence-electron chi connectivity index (χ2n) is 6.73. The van der Waals surface area contributed by atoms with E-state index in [1.54, 1.807) is 0 Å². The molecule has 0 radical (unpaired) electrons. The number of amides is 4. The Hall–Kier alpha value is -3.22. The average molecular weight is 417 g/mol. The minimum absolute atomic E-state index is 0.448. The van der Waals surface area contributed by atoms with Crippen molar-refractivity contribution in [1.29, 1.82) is 0 Å². The highest BCUT2D eigenvalue weighted by molar-refractivity contribution is 5.96. The SMILES string of the molecule is CC(C)[C@H](NC(=O)[C@H](CC(=O)O)NC(=O)[C@H](C)NC(=O)[C@@H](N)CC(N)=O)C(=O)O. The van der Waals surface area contributed by atoms with E-state index in [4.69, 9.17) is 21.7 Å². The molecule has 9 N–H and O–H groups in total. The first kappa shape index (κ1) is 25.8. The van der Waals surface area contributed by atoms with Crippen LogP contribution >= 0.6 is 0 Å². The molecule has 0 aliphatic carbocycles. The smallest absolute Gasteiger partial charge is 0.326 e. The zero-order valence-corrected chi connectivity index (χ0v) is 16.3. The van der Waals surface area contributed by atoms with Gasteiger partial charge in [-0.25, -0.2) is 4.79 Å². The number of carbonyl (C=O) groups excluding carboxylic acids is 4. The largest absolute Gasteiger partial charge is 0.481 e. The quantitative estimate of drug-likeness (QED) is 0.170. The third kappa shape index (κ3) is 9.51. The maximum absolute atomic E-state index is 12.3. The van der Waals surface area contributed by atoms with Crippen LogP contribution in [0.3, 0.4) is 0 Å². The van der Waals surface area contributed by atoms with Gasteiger partial charge in [-0.1, -0.05) is 13.8 Å². The molecule has 0 spiro atoms. The predicted molar refractivity (Wildman–Crippen MR) is 98.0 cm³/mol. The Labute approximate surface area is 166 Å². The van der Waals surface area contributed by atoms with Crippen LogP contribution in [0.2, 0.25) is 0 Å². The van der Waals surface area contributed by atoms with Crippen LogP contribution in [0.15, 0.2) is 0 Å². The first-order valence-corrected chi connectivity index (χ1v) is 8.65. The van der Waals surface area contributed by atoms with Crippen molar-refractivity contribution in [1.82, 2.24) is 16.0 Å². The van der Waals surface area contributed by atoms with Crippen LogP contribution in [-0.2, 0) is 28.8 Å². The summed E-state index contributed by atoms with van der Waals surface area (Å²) < 4.78 is 0. The molecule has 0 aromatic carbocycles. The molecule has 4 atom stereocenters. The highest BCUT2D eigenvalue weighted by Gasteiger charge is 2.31. The Bertz CT molecular complexity index is 666. The van der Waals surface area contributed by atoms with Gasteiger partial charge in [0, 0.05) is 0 Å². The molecule has 4 amide bonds. The van der Waals surface area contributed by atoms with E-state index in [9.17, 15) is 28.8 Å². The lowest BCUT2D eigenvalue weighted by atomic mass is 10.0. The van der Waals surface area contributed by atoms with Crippen molar-refractivity contribution in [3.05, 3.63) is 0 Å². The van der Waals surface area contributed by atoms with E-state index in [2.05, 4.69) is 16.0 Å². The zero-order valence-electron chi connectivity index (χ0n) is 16.3. The molecule has 0 aliphatic rings. The van der Waals surface area contributed by atoms with Gasteiger partial charge in [-0.15, -0.1) is 0 Å². The molecule has 29 heavy (non-hydrogen) atoms. The van der Waals surface area contributed by atoms with Crippen molar-refractivity contribution in [2.24, 2.45) is 17.4 Å². The predicted octanol–water partition coefficient (Wildman–Crippen LogP) is -3.12. The van der Waals surface area contributed by atoms with E-state index in [-0.39, 0.29) is 0 Å². The summed E-state index contributed by atoms with van der Waals surface area (Å²) in [5.74, 6) is -6.83. The molecule has 0 fully saturated rings. The number of carboxylic acids is 2. The van der Waals surface area contributed by atoms with Crippen LogP contribution in [0, 0.1) is 5.92 Å². The van der Waals surface area contributed by atoms with Gasteiger partial charge in [-0.05, 0) is 12.8 Å². The van der Waals surface area contributed by atoms with Crippen molar-refractivity contribution < 1.29 is 39.0 Å². The molecule has 13 heteroatoms. The van der Waals surface area contributed by atoms with Gasteiger partial charge in [-0.2, -0.15) is 0 Å². The summed E-state index contributed by atoms with van der Waals surface area (Å²) in [5.41, 5.74) is 10.4. The molecule has 13 nitrogen and oxygen atoms in total. The van der Waals surface area contributed by atoms with Crippen molar-refractivity contribution >= 4 is 35.6 Å². The number of carboxylic acid groups (broad SMARTS) is 2. The lowest BCUT2D eigenvalue weighted by Crippen LogP contribution is -2.57. The molecule has 0 aromatic rings. The molecule has 164 valence electrons. The molecule has 0 saturated carbocycles. The first-order valence-electron chi connectivity index (χ1n) is 8.65. The molecule has 0 unspecified atom stereocenters. The summed E-state index contributed by atoms with van der Waals surface area (Å²) in [7, 11) is 0. The average Bonchev–Trinajstić information content (AvgIpc) is 2.56. The van der Waals surface area contributed by atoms with Gasteiger partial charge in [0.25, 0.3) is 0 Å².